The summed E-state index contributed by atoms with van der Waals surface area (Å²) in [4.78, 5) is 29.2. The summed E-state index contributed by atoms with van der Waals surface area (Å²) < 4.78 is 38.6. The van der Waals surface area contributed by atoms with Crippen molar-refractivity contribution < 1.29 is 18.0 Å². The van der Waals surface area contributed by atoms with Gasteiger partial charge in [-0.15, -0.1) is 0 Å². The Labute approximate surface area is 105 Å². The Kier molecular flexibility index (Phi) is 2.92. The Morgan fingerprint density at radius 2 is 1.95 bits per heavy atom. The van der Waals surface area contributed by atoms with E-state index in [0.717, 1.165) is 19.1 Å². The lowest BCUT2D eigenvalue weighted by molar-refractivity contribution is -0.137. The Morgan fingerprint density at radius 3 is 2.47 bits per heavy atom. The van der Waals surface area contributed by atoms with Crippen LogP contribution in [0.25, 0.3) is 10.9 Å². The van der Waals surface area contributed by atoms with Gasteiger partial charge in [-0.3, -0.25) is 9.59 Å². The molecule has 1 heterocycles. The molecule has 2 rings (SSSR count). The molecule has 4 nitrogen and oxygen atoms in total. The number of aromatic amines is 1. The maximum absolute atomic E-state index is 12.9. The Bertz CT molecular complexity index is 732. The number of carbonyl (C=O) groups is 1. The van der Waals surface area contributed by atoms with Gasteiger partial charge in [0.05, 0.1) is 16.5 Å². The minimum atomic E-state index is -4.67. The van der Waals surface area contributed by atoms with E-state index in [-0.39, 0.29) is 16.7 Å². The van der Waals surface area contributed by atoms with Gasteiger partial charge in [0.1, 0.15) is 5.82 Å². The Balaban J connectivity index is 2.93. The lowest BCUT2D eigenvalue weighted by atomic mass is 10.0. The van der Waals surface area contributed by atoms with Crippen LogP contribution in [0, 0.1) is 6.92 Å². The van der Waals surface area contributed by atoms with Crippen molar-refractivity contribution in [2.24, 2.45) is 0 Å². The maximum atomic E-state index is 12.9. The monoisotopic (exact) mass is 270 g/mol. The second kappa shape index (κ2) is 4.18. The Hall–Kier alpha value is -2.18. The van der Waals surface area contributed by atoms with Crippen molar-refractivity contribution in [3.63, 3.8) is 0 Å². The van der Waals surface area contributed by atoms with Crippen LogP contribution < -0.4 is 5.56 Å². The van der Waals surface area contributed by atoms with Gasteiger partial charge in [0.15, 0.2) is 5.78 Å². The number of hydrogen-bond acceptors (Lipinski definition) is 3. The highest BCUT2D eigenvalue weighted by Crippen LogP contribution is 2.33. The first-order valence-electron chi connectivity index (χ1n) is 5.33. The number of nitrogens with zero attached hydrogens (tertiary/aromatic N) is 1. The standard InChI is InChI=1S/C12H9F3N2O2/c1-5(18)7-3-8-10(4-9(7)12(13,14)15)16-6(2)17-11(8)19/h3-4H,1-2H3,(H,16,17,19). The van der Waals surface area contributed by atoms with E-state index in [1.807, 2.05) is 0 Å². The number of aromatic nitrogens is 2. The van der Waals surface area contributed by atoms with Gasteiger partial charge in [-0.1, -0.05) is 0 Å². The van der Waals surface area contributed by atoms with Crippen LogP contribution in [0.3, 0.4) is 0 Å². The first kappa shape index (κ1) is 13.3. The second-order valence-electron chi connectivity index (χ2n) is 4.12. The fourth-order valence-corrected chi connectivity index (χ4v) is 1.83. The SMILES string of the molecule is CC(=O)c1cc2c(=O)[nH]c(C)nc2cc1C(F)(F)F. The molecule has 19 heavy (non-hydrogen) atoms. The highest BCUT2D eigenvalue weighted by molar-refractivity contribution is 5.99. The molecule has 0 aliphatic rings. The van der Waals surface area contributed by atoms with Gasteiger partial charge in [0.2, 0.25) is 0 Å². The summed E-state index contributed by atoms with van der Waals surface area (Å²) in [5.74, 6) is -0.546. The number of hydrogen-bond donors (Lipinski definition) is 1. The number of benzene rings is 1. The molecular weight excluding hydrogens is 261 g/mol. The Morgan fingerprint density at radius 1 is 1.32 bits per heavy atom. The molecule has 0 amide bonds. The summed E-state index contributed by atoms with van der Waals surface area (Å²) >= 11 is 0. The van der Waals surface area contributed by atoms with Gasteiger partial charge in [0, 0.05) is 5.56 Å². The van der Waals surface area contributed by atoms with Crippen molar-refractivity contribution in [2.75, 3.05) is 0 Å². The van der Waals surface area contributed by atoms with Gasteiger partial charge < -0.3 is 4.98 Å². The first-order chi connectivity index (χ1) is 8.70. The quantitative estimate of drug-likeness (QED) is 0.809. The molecule has 0 fully saturated rings. The fourth-order valence-electron chi connectivity index (χ4n) is 1.83. The maximum Gasteiger partial charge on any atom is 0.417 e. The second-order valence-corrected chi connectivity index (χ2v) is 4.12. The molecular formula is C12H9F3N2O2. The first-order valence-corrected chi connectivity index (χ1v) is 5.33. The predicted octanol–water partition coefficient (Wildman–Crippen LogP) is 2.45. The molecule has 7 heteroatoms. The average Bonchev–Trinajstić information content (AvgIpc) is 2.25. The molecule has 0 saturated carbocycles. The third-order valence-electron chi connectivity index (χ3n) is 2.65. The van der Waals surface area contributed by atoms with Crippen LogP contribution in [0.4, 0.5) is 13.2 Å². The fraction of sp³-hybridized carbons (Fsp3) is 0.250. The molecule has 0 aliphatic heterocycles. The molecule has 0 bridgehead atoms. The molecule has 1 N–H and O–H groups in total. The van der Waals surface area contributed by atoms with Gasteiger partial charge in [-0.25, -0.2) is 4.98 Å². The summed E-state index contributed by atoms with van der Waals surface area (Å²) in [6.45, 7) is 2.49. The van der Waals surface area contributed by atoms with Crippen LogP contribution in [-0.2, 0) is 6.18 Å². The third-order valence-corrected chi connectivity index (χ3v) is 2.65. The van der Waals surface area contributed by atoms with E-state index in [1.54, 1.807) is 0 Å². The van der Waals surface area contributed by atoms with Gasteiger partial charge in [0.25, 0.3) is 5.56 Å². The lowest BCUT2D eigenvalue weighted by Crippen LogP contribution is -2.15. The molecule has 0 unspecified atom stereocenters. The molecule has 0 aliphatic carbocycles. The number of carbonyl (C=O) groups excluding carboxylic acids is 1. The number of aryl methyl sites for hydroxylation is 1. The highest BCUT2D eigenvalue weighted by atomic mass is 19.4. The summed E-state index contributed by atoms with van der Waals surface area (Å²) in [7, 11) is 0. The number of Topliss-reactive ketones (excluding diaryl/α,β-unsaturated/α-hetero) is 1. The zero-order chi connectivity index (χ0) is 14.4. The normalized spacial score (nSPS) is 11.8. The molecule has 0 spiro atoms. The van der Waals surface area contributed by atoms with Crippen LogP contribution in [0.1, 0.15) is 28.7 Å². The van der Waals surface area contributed by atoms with Crippen LogP contribution in [0.15, 0.2) is 16.9 Å². The number of rotatable bonds is 1. The van der Waals surface area contributed by atoms with E-state index < -0.39 is 28.6 Å². The van der Waals surface area contributed by atoms with Crippen molar-refractivity contribution in [1.82, 2.24) is 9.97 Å². The summed E-state index contributed by atoms with van der Waals surface area (Å²) in [5.41, 5.74) is -2.27. The van der Waals surface area contributed by atoms with Crippen LogP contribution in [0.2, 0.25) is 0 Å². The zero-order valence-electron chi connectivity index (χ0n) is 10.1. The van der Waals surface area contributed by atoms with Crippen molar-refractivity contribution in [2.45, 2.75) is 20.0 Å². The number of nitrogens with one attached hydrogen (secondary N) is 1. The lowest BCUT2D eigenvalue weighted by Gasteiger charge is -2.12. The van der Waals surface area contributed by atoms with Crippen LogP contribution in [-0.4, -0.2) is 15.8 Å². The van der Waals surface area contributed by atoms with Crippen molar-refractivity contribution in [3.8, 4) is 0 Å². The van der Waals surface area contributed by atoms with Crippen LogP contribution >= 0.6 is 0 Å². The van der Waals surface area contributed by atoms with E-state index in [1.165, 1.54) is 6.92 Å². The molecule has 1 aromatic heterocycles. The number of H-pyrrole nitrogens is 1. The van der Waals surface area contributed by atoms with Gasteiger partial charge >= 0.3 is 6.18 Å². The summed E-state index contributed by atoms with van der Waals surface area (Å²) in [5, 5.41) is -0.0381. The summed E-state index contributed by atoms with van der Waals surface area (Å²) in [6.07, 6.45) is -4.67. The van der Waals surface area contributed by atoms with E-state index in [9.17, 15) is 22.8 Å². The number of fused-ring (bicyclic) bond motifs is 1. The van der Waals surface area contributed by atoms with Crippen molar-refractivity contribution in [1.29, 1.82) is 0 Å². The smallest absolute Gasteiger partial charge is 0.310 e. The molecule has 0 radical (unpaired) electrons. The molecule has 100 valence electrons. The topological polar surface area (TPSA) is 62.8 Å². The van der Waals surface area contributed by atoms with E-state index >= 15 is 0 Å². The predicted molar refractivity (Wildman–Crippen MR) is 62.1 cm³/mol. The minimum absolute atomic E-state index is 0.0381. The van der Waals surface area contributed by atoms with Gasteiger partial charge in [-0.05, 0) is 26.0 Å². The van der Waals surface area contributed by atoms with E-state index in [0.29, 0.717) is 0 Å². The minimum Gasteiger partial charge on any atom is -0.310 e. The third kappa shape index (κ3) is 2.35. The molecule has 1 aromatic carbocycles. The summed E-state index contributed by atoms with van der Waals surface area (Å²) in [6, 6.07) is 1.67. The van der Waals surface area contributed by atoms with Gasteiger partial charge in [-0.2, -0.15) is 13.2 Å². The number of halogens is 3. The largest absolute Gasteiger partial charge is 0.417 e. The van der Waals surface area contributed by atoms with E-state index in [2.05, 4.69) is 9.97 Å². The molecule has 0 atom stereocenters. The molecule has 0 saturated heterocycles. The zero-order valence-corrected chi connectivity index (χ0v) is 10.1. The van der Waals surface area contributed by atoms with E-state index in [4.69, 9.17) is 0 Å². The highest BCUT2D eigenvalue weighted by Gasteiger charge is 2.35. The molecule has 2 aromatic rings. The number of alkyl halides is 3. The van der Waals surface area contributed by atoms with Crippen molar-refractivity contribution in [3.05, 3.63) is 39.4 Å². The number of ketones is 1. The average molecular weight is 270 g/mol. The van der Waals surface area contributed by atoms with Crippen LogP contribution in [0.5, 0.6) is 0 Å². The van der Waals surface area contributed by atoms with Crippen molar-refractivity contribution >= 4 is 16.7 Å².